The first-order valence-electron chi connectivity index (χ1n) is 10.9. The normalized spacial score (nSPS) is 39.3. The van der Waals surface area contributed by atoms with Crippen LogP contribution in [0.1, 0.15) is 86.5 Å². The highest BCUT2D eigenvalue weighted by Gasteiger charge is 2.61. The minimum Gasteiger partial charge on any atom is -0.481 e. The van der Waals surface area contributed by atoms with Gasteiger partial charge in [-0.3, -0.25) is 14.4 Å². The van der Waals surface area contributed by atoms with Gasteiger partial charge in [0.25, 0.3) is 5.97 Å². The van der Waals surface area contributed by atoms with Crippen LogP contribution in [0.4, 0.5) is 4.39 Å². The summed E-state index contributed by atoms with van der Waals surface area (Å²) in [5.74, 6) is 0.145. The van der Waals surface area contributed by atoms with E-state index in [1.807, 2.05) is 6.92 Å². The van der Waals surface area contributed by atoms with Gasteiger partial charge in [-0.1, -0.05) is 33.3 Å². The molecule has 0 aliphatic heterocycles. The van der Waals surface area contributed by atoms with Gasteiger partial charge in [-0.05, 0) is 68.8 Å². The van der Waals surface area contributed by atoms with Crippen molar-refractivity contribution in [2.45, 2.75) is 92.2 Å². The quantitative estimate of drug-likeness (QED) is 0.665. The first kappa shape index (κ1) is 23.8. The Morgan fingerprint density at radius 1 is 1.14 bits per heavy atom. The van der Waals surface area contributed by atoms with Gasteiger partial charge in [0.15, 0.2) is 5.78 Å². The second kappa shape index (κ2) is 8.31. The Morgan fingerprint density at radius 3 is 2.24 bits per heavy atom. The van der Waals surface area contributed by atoms with Crippen LogP contribution in [0.25, 0.3) is 0 Å². The predicted molar refractivity (Wildman–Crippen MR) is 111 cm³/mol. The van der Waals surface area contributed by atoms with Crippen molar-refractivity contribution in [3.05, 3.63) is 11.6 Å². The monoisotopic (exact) mass is 408 g/mol. The molecule has 3 rings (SSSR count). The summed E-state index contributed by atoms with van der Waals surface area (Å²) in [5.41, 5.74) is -0.857. The molecule has 3 aliphatic rings. The number of hydrogen-bond donors (Lipinski definition) is 1. The number of aliphatic carboxylic acids is 1. The third kappa shape index (κ3) is 4.34. The Morgan fingerprint density at radius 2 is 1.72 bits per heavy atom. The number of allylic oxidation sites excluding steroid dienone is 2. The van der Waals surface area contributed by atoms with E-state index in [0.29, 0.717) is 25.7 Å². The number of rotatable bonds is 3. The number of halogens is 1. The number of fused-ring (bicyclic) bond motifs is 1. The molecule has 164 valence electrons. The van der Waals surface area contributed by atoms with Gasteiger partial charge < -0.3 is 5.11 Å². The van der Waals surface area contributed by atoms with E-state index in [9.17, 15) is 9.59 Å². The Balaban J connectivity index is 0.000000687. The molecule has 1 N–H and O–H groups in total. The van der Waals surface area contributed by atoms with Crippen LogP contribution in [0.2, 0.25) is 0 Å². The lowest BCUT2D eigenvalue weighted by Crippen LogP contribution is -2.53. The van der Waals surface area contributed by atoms with Crippen LogP contribution in [0.5, 0.6) is 0 Å². The molecule has 5 atom stereocenters. The van der Waals surface area contributed by atoms with Gasteiger partial charge in [0.05, 0.1) is 0 Å². The van der Waals surface area contributed by atoms with Gasteiger partial charge >= 0.3 is 0 Å². The van der Waals surface area contributed by atoms with Crippen molar-refractivity contribution in [1.82, 2.24) is 0 Å². The summed E-state index contributed by atoms with van der Waals surface area (Å²) in [6.07, 6.45) is 6.52. The maximum atomic E-state index is 16.5. The van der Waals surface area contributed by atoms with E-state index in [1.165, 1.54) is 0 Å². The van der Waals surface area contributed by atoms with Crippen LogP contribution < -0.4 is 0 Å². The lowest BCUT2D eigenvalue weighted by Gasteiger charge is -2.54. The highest BCUT2D eigenvalue weighted by molar-refractivity contribution is 5.91. The van der Waals surface area contributed by atoms with Gasteiger partial charge in [-0.15, -0.1) is 0 Å². The first-order chi connectivity index (χ1) is 13.3. The lowest BCUT2D eigenvalue weighted by molar-refractivity contribution is -0.134. The van der Waals surface area contributed by atoms with E-state index in [-0.39, 0.29) is 34.7 Å². The number of alkyl halides is 1. The van der Waals surface area contributed by atoms with Gasteiger partial charge in [-0.25, -0.2) is 4.39 Å². The summed E-state index contributed by atoms with van der Waals surface area (Å²) < 4.78 is 16.5. The average Bonchev–Trinajstić information content (AvgIpc) is 2.93. The first-order valence-corrected chi connectivity index (χ1v) is 10.9. The lowest BCUT2D eigenvalue weighted by atomic mass is 9.52. The predicted octanol–water partition coefficient (Wildman–Crippen LogP) is 5.54. The molecular formula is C24H37FO4. The fourth-order valence-corrected chi connectivity index (χ4v) is 6.36. The van der Waals surface area contributed by atoms with E-state index in [1.54, 1.807) is 13.0 Å². The third-order valence-electron chi connectivity index (χ3n) is 8.09. The van der Waals surface area contributed by atoms with Gasteiger partial charge in [-0.2, -0.15) is 0 Å². The summed E-state index contributed by atoms with van der Waals surface area (Å²) in [5, 5.41) is 7.42. The average molecular weight is 409 g/mol. The summed E-state index contributed by atoms with van der Waals surface area (Å²) in [6.45, 7) is 11.2. The van der Waals surface area contributed by atoms with Crippen molar-refractivity contribution >= 4 is 17.5 Å². The fraction of sp³-hybridized carbons (Fsp3) is 0.792. The topological polar surface area (TPSA) is 71.4 Å². The Kier molecular flexibility index (Phi) is 6.81. The Labute approximate surface area is 174 Å². The van der Waals surface area contributed by atoms with E-state index in [0.717, 1.165) is 31.8 Å². The third-order valence-corrected chi connectivity index (χ3v) is 8.09. The maximum Gasteiger partial charge on any atom is 0.300 e. The highest BCUT2D eigenvalue weighted by atomic mass is 19.1. The standard InChI is InChI=1S/C22H33FO2.C2H4O2/c1-14(2)19-12-17(25)8-9-21(19,5)22(23)11-10-20(4)16(13-22)6-7-18(20)15(3)24;1-2(3)4/h12,14,16,18H,6-11,13H2,1-5H3;1H3,(H,3,4)/t16?,18?,20?,21?,22-;/m1./s1. The number of carboxylic acid groups (broad SMARTS) is 1. The molecule has 2 fully saturated rings. The molecule has 0 radical (unpaired) electrons. The van der Waals surface area contributed by atoms with Crippen molar-refractivity contribution in [3.8, 4) is 0 Å². The number of carbonyl (C=O) groups excluding carboxylic acids is 2. The Hall–Kier alpha value is -1.52. The molecule has 0 saturated heterocycles. The van der Waals surface area contributed by atoms with Gasteiger partial charge in [0.1, 0.15) is 11.5 Å². The maximum absolute atomic E-state index is 16.5. The molecule has 0 aromatic rings. The molecule has 29 heavy (non-hydrogen) atoms. The molecular weight excluding hydrogens is 371 g/mol. The van der Waals surface area contributed by atoms with Crippen molar-refractivity contribution in [1.29, 1.82) is 0 Å². The van der Waals surface area contributed by atoms with Crippen LogP contribution in [-0.4, -0.2) is 28.3 Å². The molecule has 5 heteroatoms. The van der Waals surface area contributed by atoms with Crippen LogP contribution in [-0.2, 0) is 14.4 Å². The number of hydrogen-bond acceptors (Lipinski definition) is 3. The zero-order chi connectivity index (χ0) is 22.2. The van der Waals surface area contributed by atoms with Crippen LogP contribution in [0.3, 0.4) is 0 Å². The van der Waals surface area contributed by atoms with Gasteiger partial charge in [0.2, 0.25) is 0 Å². The van der Waals surface area contributed by atoms with Crippen LogP contribution >= 0.6 is 0 Å². The minimum atomic E-state index is -1.26. The highest BCUT2D eigenvalue weighted by Crippen LogP contribution is 2.64. The molecule has 0 aromatic heterocycles. The van der Waals surface area contributed by atoms with E-state index in [4.69, 9.17) is 9.90 Å². The van der Waals surface area contributed by atoms with Crippen molar-refractivity contribution in [3.63, 3.8) is 0 Å². The van der Waals surface area contributed by atoms with Gasteiger partial charge in [0, 0.05) is 24.7 Å². The second-order valence-electron chi connectivity index (χ2n) is 10.2. The SMILES string of the molecule is CC(=O)C1CCC2C[C@@](F)(C3(C)CCC(=O)C=C3C(C)C)CCC21C.CC(=O)O. The molecule has 4 unspecified atom stereocenters. The van der Waals surface area contributed by atoms with Crippen molar-refractivity contribution in [2.75, 3.05) is 0 Å². The van der Waals surface area contributed by atoms with Crippen molar-refractivity contribution in [2.24, 2.45) is 28.6 Å². The summed E-state index contributed by atoms with van der Waals surface area (Å²) in [6, 6.07) is 0. The second-order valence-corrected chi connectivity index (χ2v) is 10.2. The molecule has 2 saturated carbocycles. The molecule has 4 nitrogen and oxygen atoms in total. The number of Topliss-reactive ketones (excluding diaryl/α,β-unsaturated/α-hetero) is 1. The van der Waals surface area contributed by atoms with Crippen LogP contribution in [0, 0.1) is 28.6 Å². The molecule has 0 spiro atoms. The summed E-state index contributed by atoms with van der Waals surface area (Å²) in [4.78, 5) is 33.0. The molecule has 0 heterocycles. The fourth-order valence-electron chi connectivity index (χ4n) is 6.36. The Bertz CT molecular complexity index is 708. The van der Waals surface area contributed by atoms with E-state index < -0.39 is 17.1 Å². The van der Waals surface area contributed by atoms with Crippen LogP contribution in [0.15, 0.2) is 11.6 Å². The smallest absolute Gasteiger partial charge is 0.300 e. The molecule has 0 amide bonds. The van der Waals surface area contributed by atoms with E-state index >= 15 is 4.39 Å². The van der Waals surface area contributed by atoms with Crippen molar-refractivity contribution < 1.29 is 23.9 Å². The molecule has 0 bridgehead atoms. The van der Waals surface area contributed by atoms with E-state index in [2.05, 4.69) is 20.8 Å². The molecule has 3 aliphatic carbocycles. The summed E-state index contributed by atoms with van der Waals surface area (Å²) >= 11 is 0. The summed E-state index contributed by atoms with van der Waals surface area (Å²) in [7, 11) is 0. The number of carboxylic acids is 1. The molecule has 0 aromatic carbocycles. The zero-order valence-electron chi connectivity index (χ0n) is 18.8. The zero-order valence-corrected chi connectivity index (χ0v) is 18.8. The minimum absolute atomic E-state index is 0.0377. The largest absolute Gasteiger partial charge is 0.481 e. The number of ketones is 2. The number of carbonyl (C=O) groups is 3.